The summed E-state index contributed by atoms with van der Waals surface area (Å²) in [4.78, 5) is 6.55. The van der Waals surface area contributed by atoms with Crippen LogP contribution in [-0.4, -0.2) is 32.8 Å². The average molecular weight is 248 g/mol. The van der Waals surface area contributed by atoms with E-state index in [4.69, 9.17) is 4.42 Å². The summed E-state index contributed by atoms with van der Waals surface area (Å²) in [5, 5.41) is 11.2. The van der Waals surface area contributed by atoms with Crippen LogP contribution >= 0.6 is 0 Å². The molecule has 0 bridgehead atoms. The molecule has 3 heterocycles. The maximum absolute atomic E-state index is 5.51. The normalized spacial score (nSPS) is 14.8. The van der Waals surface area contributed by atoms with Gasteiger partial charge in [0.05, 0.1) is 12.2 Å². The third kappa shape index (κ3) is 2.08. The monoisotopic (exact) mass is 248 g/mol. The van der Waals surface area contributed by atoms with Crippen molar-refractivity contribution in [3.8, 4) is 0 Å². The molecule has 18 heavy (non-hydrogen) atoms. The second-order valence-electron chi connectivity index (χ2n) is 4.26. The molecule has 0 atom stereocenters. The summed E-state index contributed by atoms with van der Waals surface area (Å²) in [6.07, 6.45) is 3.47. The lowest BCUT2D eigenvalue weighted by molar-refractivity contribution is 0.484. The van der Waals surface area contributed by atoms with Crippen LogP contribution in [0, 0.1) is 0 Å². The fraction of sp³-hybridized carbons (Fsp3) is 0.545. The first-order valence-electron chi connectivity index (χ1n) is 6.13. The van der Waals surface area contributed by atoms with E-state index in [9.17, 15) is 0 Å². The van der Waals surface area contributed by atoms with Crippen LogP contribution in [0.1, 0.15) is 18.4 Å². The van der Waals surface area contributed by atoms with Gasteiger partial charge in [-0.25, -0.2) is 0 Å². The summed E-state index contributed by atoms with van der Waals surface area (Å²) >= 11 is 0. The number of fused-ring (bicyclic) bond motifs is 1. The summed E-state index contributed by atoms with van der Waals surface area (Å²) in [5.41, 5.74) is 0.930. The van der Waals surface area contributed by atoms with Crippen molar-refractivity contribution in [1.82, 2.24) is 25.1 Å². The molecule has 0 radical (unpaired) electrons. The molecule has 0 aromatic carbocycles. The SMILES string of the molecule is CCNCc1coc(N2CCn3cnnc3C2)n1. The van der Waals surface area contributed by atoms with Gasteiger partial charge in [0.2, 0.25) is 0 Å². The summed E-state index contributed by atoms with van der Waals surface area (Å²) in [7, 11) is 0. The van der Waals surface area contributed by atoms with Gasteiger partial charge in [-0.1, -0.05) is 6.92 Å². The first-order chi connectivity index (χ1) is 8.86. The molecule has 0 aliphatic carbocycles. The summed E-state index contributed by atoms with van der Waals surface area (Å²) in [6, 6.07) is 0.664. The van der Waals surface area contributed by atoms with Gasteiger partial charge >= 0.3 is 0 Å². The Labute approximate surface area is 105 Å². The van der Waals surface area contributed by atoms with E-state index < -0.39 is 0 Å². The minimum Gasteiger partial charge on any atom is -0.432 e. The molecular formula is C11H16N6O. The van der Waals surface area contributed by atoms with Crippen molar-refractivity contribution in [2.75, 3.05) is 18.0 Å². The first-order valence-corrected chi connectivity index (χ1v) is 6.13. The third-order valence-electron chi connectivity index (χ3n) is 3.01. The molecule has 0 fully saturated rings. The molecule has 1 aliphatic heterocycles. The Hall–Kier alpha value is -1.89. The number of anilines is 1. The van der Waals surface area contributed by atoms with E-state index in [1.165, 1.54) is 0 Å². The Morgan fingerprint density at radius 3 is 3.28 bits per heavy atom. The molecule has 1 aliphatic rings. The van der Waals surface area contributed by atoms with Gasteiger partial charge < -0.3 is 19.2 Å². The quantitative estimate of drug-likeness (QED) is 0.844. The van der Waals surface area contributed by atoms with Crippen LogP contribution in [0.15, 0.2) is 17.0 Å². The molecule has 2 aromatic heterocycles. The molecule has 0 saturated heterocycles. The molecule has 96 valence electrons. The second-order valence-corrected chi connectivity index (χ2v) is 4.26. The van der Waals surface area contributed by atoms with Crippen molar-refractivity contribution < 1.29 is 4.42 Å². The highest BCUT2D eigenvalue weighted by molar-refractivity contribution is 5.28. The highest BCUT2D eigenvalue weighted by Gasteiger charge is 2.21. The topological polar surface area (TPSA) is 72.0 Å². The standard InChI is InChI=1S/C11H16N6O/c1-2-12-5-9-7-18-11(14-9)16-3-4-17-8-13-15-10(17)6-16/h7-8,12H,2-6H2,1H3. The van der Waals surface area contributed by atoms with Crippen LogP contribution in [0.5, 0.6) is 0 Å². The molecular weight excluding hydrogens is 232 g/mol. The van der Waals surface area contributed by atoms with E-state index in [1.807, 2.05) is 0 Å². The van der Waals surface area contributed by atoms with Crippen LogP contribution in [0.2, 0.25) is 0 Å². The van der Waals surface area contributed by atoms with Crippen molar-refractivity contribution in [3.05, 3.63) is 24.1 Å². The van der Waals surface area contributed by atoms with Gasteiger partial charge in [0.15, 0.2) is 5.82 Å². The van der Waals surface area contributed by atoms with Gasteiger partial charge in [0.1, 0.15) is 12.6 Å². The van der Waals surface area contributed by atoms with Crippen molar-refractivity contribution in [2.24, 2.45) is 0 Å². The Bertz CT molecular complexity index is 519. The van der Waals surface area contributed by atoms with Crippen molar-refractivity contribution in [2.45, 2.75) is 26.6 Å². The van der Waals surface area contributed by atoms with Gasteiger partial charge in [-0.05, 0) is 6.54 Å². The van der Waals surface area contributed by atoms with Crippen molar-refractivity contribution >= 4 is 6.01 Å². The second kappa shape index (κ2) is 4.77. The fourth-order valence-electron chi connectivity index (χ4n) is 2.01. The van der Waals surface area contributed by atoms with Crippen molar-refractivity contribution in [1.29, 1.82) is 0 Å². The van der Waals surface area contributed by atoms with E-state index in [2.05, 4.69) is 36.9 Å². The van der Waals surface area contributed by atoms with Crippen LogP contribution < -0.4 is 10.2 Å². The highest BCUT2D eigenvalue weighted by Crippen LogP contribution is 2.19. The fourth-order valence-corrected chi connectivity index (χ4v) is 2.01. The Morgan fingerprint density at radius 2 is 2.39 bits per heavy atom. The van der Waals surface area contributed by atoms with Crippen molar-refractivity contribution in [3.63, 3.8) is 0 Å². The third-order valence-corrected chi connectivity index (χ3v) is 3.01. The molecule has 3 rings (SSSR count). The molecule has 1 N–H and O–H groups in total. The number of nitrogens with one attached hydrogen (secondary N) is 1. The minimum absolute atomic E-state index is 0.664. The highest BCUT2D eigenvalue weighted by atomic mass is 16.4. The van der Waals surface area contributed by atoms with Gasteiger partial charge in [0, 0.05) is 19.6 Å². The number of rotatable bonds is 4. The smallest absolute Gasteiger partial charge is 0.297 e. The average Bonchev–Trinajstić information content (AvgIpc) is 3.04. The van der Waals surface area contributed by atoms with Crippen LogP contribution in [-0.2, 0) is 19.6 Å². The van der Waals surface area contributed by atoms with Crippen LogP contribution in [0.25, 0.3) is 0 Å². The summed E-state index contributed by atoms with van der Waals surface area (Å²) < 4.78 is 7.56. The van der Waals surface area contributed by atoms with Crippen LogP contribution in [0.3, 0.4) is 0 Å². The molecule has 7 nitrogen and oxygen atoms in total. The van der Waals surface area contributed by atoms with E-state index >= 15 is 0 Å². The lowest BCUT2D eigenvalue weighted by Crippen LogP contribution is -2.33. The van der Waals surface area contributed by atoms with Gasteiger partial charge in [-0.3, -0.25) is 0 Å². The predicted octanol–water partition coefficient (Wildman–Crippen LogP) is 0.396. The lowest BCUT2D eigenvalue weighted by Gasteiger charge is -2.25. The first kappa shape index (κ1) is 11.2. The number of nitrogens with zero attached hydrogens (tertiary/aromatic N) is 5. The van der Waals surface area contributed by atoms with Gasteiger partial charge in [0.25, 0.3) is 6.01 Å². The van der Waals surface area contributed by atoms with E-state index in [0.717, 1.165) is 37.7 Å². The summed E-state index contributed by atoms with van der Waals surface area (Å²) in [5.74, 6) is 0.952. The summed E-state index contributed by atoms with van der Waals surface area (Å²) in [6.45, 7) is 6.16. The number of hydrogen-bond donors (Lipinski definition) is 1. The molecule has 0 amide bonds. The zero-order valence-corrected chi connectivity index (χ0v) is 10.3. The predicted molar refractivity (Wildman–Crippen MR) is 65.0 cm³/mol. The molecule has 0 spiro atoms. The maximum Gasteiger partial charge on any atom is 0.297 e. The number of hydrogen-bond acceptors (Lipinski definition) is 6. The zero-order valence-electron chi connectivity index (χ0n) is 10.3. The number of aromatic nitrogens is 4. The maximum atomic E-state index is 5.51. The Kier molecular flexibility index (Phi) is 2.97. The minimum atomic E-state index is 0.664. The van der Waals surface area contributed by atoms with Gasteiger partial charge in [-0.2, -0.15) is 4.98 Å². The molecule has 7 heteroatoms. The molecule has 0 saturated carbocycles. The Balaban J connectivity index is 1.70. The Morgan fingerprint density at radius 1 is 1.44 bits per heavy atom. The largest absolute Gasteiger partial charge is 0.432 e. The van der Waals surface area contributed by atoms with Crippen LogP contribution in [0.4, 0.5) is 6.01 Å². The molecule has 0 unspecified atom stereocenters. The van der Waals surface area contributed by atoms with E-state index in [-0.39, 0.29) is 0 Å². The van der Waals surface area contributed by atoms with E-state index in [1.54, 1.807) is 12.6 Å². The molecule has 2 aromatic rings. The van der Waals surface area contributed by atoms with E-state index in [0.29, 0.717) is 12.6 Å². The number of oxazole rings is 1. The lowest BCUT2D eigenvalue weighted by atomic mass is 10.4. The zero-order chi connectivity index (χ0) is 12.4. The van der Waals surface area contributed by atoms with Gasteiger partial charge in [-0.15, -0.1) is 10.2 Å².